The van der Waals surface area contributed by atoms with Crippen LogP contribution in [0.5, 0.6) is 0 Å². The summed E-state index contributed by atoms with van der Waals surface area (Å²) in [5.74, 6) is -1.80. The molecule has 130 valence electrons. The minimum Gasteiger partial charge on any atom is -0.468 e. The van der Waals surface area contributed by atoms with Gasteiger partial charge in [-0.2, -0.15) is 0 Å². The first-order chi connectivity index (χ1) is 12.0. The molecule has 2 rings (SSSR count). The zero-order valence-corrected chi connectivity index (χ0v) is 14.6. The van der Waals surface area contributed by atoms with Crippen LogP contribution in [0.4, 0.5) is 0 Å². The lowest BCUT2D eigenvalue weighted by atomic mass is 9.73. The van der Waals surface area contributed by atoms with E-state index in [0.717, 1.165) is 11.1 Å². The number of hydrogen-bond acceptors (Lipinski definition) is 4. The molecule has 0 aliphatic heterocycles. The predicted octanol–water partition coefficient (Wildman–Crippen LogP) is 3.84. The number of allylic oxidation sites excluding steroid dienone is 1. The van der Waals surface area contributed by atoms with E-state index in [1.807, 2.05) is 72.8 Å². The minimum atomic E-state index is -1.49. The first kappa shape index (κ1) is 18.5. The van der Waals surface area contributed by atoms with Crippen LogP contribution in [0.25, 0.3) is 6.08 Å². The summed E-state index contributed by atoms with van der Waals surface area (Å²) < 4.78 is 9.84. The van der Waals surface area contributed by atoms with Gasteiger partial charge < -0.3 is 9.47 Å². The Morgan fingerprint density at radius 3 is 1.84 bits per heavy atom. The predicted molar refractivity (Wildman–Crippen MR) is 96.8 cm³/mol. The Bertz CT molecular complexity index is 719. The van der Waals surface area contributed by atoms with Crippen molar-refractivity contribution >= 4 is 18.0 Å². The van der Waals surface area contributed by atoms with Gasteiger partial charge in [-0.1, -0.05) is 72.8 Å². The summed E-state index contributed by atoms with van der Waals surface area (Å²) in [6.45, 7) is 1.55. The zero-order chi connectivity index (χ0) is 18.3. The van der Waals surface area contributed by atoms with Crippen LogP contribution in [-0.4, -0.2) is 26.2 Å². The third-order valence-corrected chi connectivity index (χ3v) is 4.28. The van der Waals surface area contributed by atoms with Crippen molar-refractivity contribution in [2.24, 2.45) is 5.41 Å². The maximum atomic E-state index is 12.5. The molecular weight excluding hydrogens is 316 g/mol. The van der Waals surface area contributed by atoms with Crippen molar-refractivity contribution in [1.29, 1.82) is 0 Å². The van der Waals surface area contributed by atoms with Crippen LogP contribution in [0.15, 0.2) is 66.7 Å². The van der Waals surface area contributed by atoms with Gasteiger partial charge in [0.1, 0.15) is 0 Å². The van der Waals surface area contributed by atoms with Gasteiger partial charge in [0, 0.05) is 5.92 Å². The van der Waals surface area contributed by atoms with Crippen LogP contribution in [0.1, 0.15) is 24.0 Å². The van der Waals surface area contributed by atoms with Crippen LogP contribution >= 0.6 is 0 Å². The van der Waals surface area contributed by atoms with Crippen LogP contribution < -0.4 is 0 Å². The normalized spacial score (nSPS) is 12.6. The van der Waals surface area contributed by atoms with Gasteiger partial charge in [0.2, 0.25) is 0 Å². The third kappa shape index (κ3) is 3.97. The van der Waals surface area contributed by atoms with E-state index in [1.165, 1.54) is 14.2 Å². The second-order valence-electron chi connectivity index (χ2n) is 5.84. The fourth-order valence-electron chi connectivity index (χ4n) is 2.83. The summed E-state index contributed by atoms with van der Waals surface area (Å²) in [4.78, 5) is 25.0. The Hall–Kier alpha value is -2.88. The Morgan fingerprint density at radius 2 is 1.36 bits per heavy atom. The lowest BCUT2D eigenvalue weighted by Crippen LogP contribution is -2.43. The van der Waals surface area contributed by atoms with Gasteiger partial charge in [-0.25, -0.2) is 0 Å². The van der Waals surface area contributed by atoms with Crippen LogP contribution in [0, 0.1) is 5.41 Å². The molecule has 2 aromatic rings. The third-order valence-electron chi connectivity index (χ3n) is 4.28. The SMILES string of the molecule is COC(=O)C(C)(C(=O)OC)[C@H](/C=C/c1ccccc1)c1ccccc1. The van der Waals surface area contributed by atoms with Crippen LogP contribution in [-0.2, 0) is 19.1 Å². The molecule has 0 radical (unpaired) electrons. The maximum absolute atomic E-state index is 12.5. The van der Waals surface area contributed by atoms with Gasteiger partial charge in [-0.15, -0.1) is 0 Å². The van der Waals surface area contributed by atoms with E-state index in [4.69, 9.17) is 9.47 Å². The molecule has 0 N–H and O–H groups in total. The van der Waals surface area contributed by atoms with Crippen LogP contribution in [0.3, 0.4) is 0 Å². The average Bonchev–Trinajstić information content (AvgIpc) is 2.68. The summed E-state index contributed by atoms with van der Waals surface area (Å²) in [6, 6.07) is 19.1. The highest BCUT2D eigenvalue weighted by Crippen LogP contribution is 2.40. The molecule has 0 heterocycles. The quantitative estimate of drug-likeness (QED) is 0.593. The fraction of sp³-hybridized carbons (Fsp3) is 0.238. The molecule has 0 aromatic heterocycles. The molecule has 0 unspecified atom stereocenters. The Kier molecular flexibility index (Phi) is 6.12. The molecular formula is C21H22O4. The van der Waals surface area contributed by atoms with E-state index in [9.17, 15) is 9.59 Å². The standard InChI is InChI=1S/C21H22O4/c1-21(19(22)24-2,20(23)25-3)18(17-12-8-5-9-13-17)15-14-16-10-6-4-7-11-16/h4-15,18H,1-3H3/b15-14+/t18-/m1/s1. The van der Waals surface area contributed by atoms with Gasteiger partial charge in [0.15, 0.2) is 5.41 Å². The Balaban J connectivity index is 2.55. The molecule has 0 aliphatic carbocycles. The number of esters is 2. The smallest absolute Gasteiger partial charge is 0.323 e. The molecule has 4 heteroatoms. The molecule has 0 aliphatic rings. The topological polar surface area (TPSA) is 52.6 Å². The van der Waals surface area contributed by atoms with Crippen molar-refractivity contribution < 1.29 is 19.1 Å². The number of carbonyl (C=O) groups excluding carboxylic acids is 2. The van der Waals surface area contributed by atoms with Gasteiger partial charge in [0.25, 0.3) is 0 Å². The van der Waals surface area contributed by atoms with E-state index in [-0.39, 0.29) is 0 Å². The molecule has 0 bridgehead atoms. The summed E-state index contributed by atoms with van der Waals surface area (Å²) in [5.41, 5.74) is 0.310. The van der Waals surface area contributed by atoms with E-state index in [2.05, 4.69) is 0 Å². The van der Waals surface area contributed by atoms with Crippen molar-refractivity contribution in [3.63, 3.8) is 0 Å². The molecule has 1 atom stereocenters. The highest BCUT2D eigenvalue weighted by Gasteiger charge is 2.50. The number of carbonyl (C=O) groups is 2. The van der Waals surface area contributed by atoms with Gasteiger partial charge in [-0.05, 0) is 18.1 Å². The lowest BCUT2D eigenvalue weighted by Gasteiger charge is -2.31. The van der Waals surface area contributed by atoms with Crippen molar-refractivity contribution in [3.8, 4) is 0 Å². The zero-order valence-electron chi connectivity index (χ0n) is 14.6. The number of benzene rings is 2. The van der Waals surface area contributed by atoms with E-state index >= 15 is 0 Å². The van der Waals surface area contributed by atoms with E-state index in [0.29, 0.717) is 0 Å². The second-order valence-corrected chi connectivity index (χ2v) is 5.84. The Labute approximate surface area is 148 Å². The first-order valence-corrected chi connectivity index (χ1v) is 7.99. The molecule has 25 heavy (non-hydrogen) atoms. The molecule has 0 saturated heterocycles. The minimum absolute atomic E-state index is 0.534. The molecule has 0 fully saturated rings. The molecule has 4 nitrogen and oxygen atoms in total. The average molecular weight is 338 g/mol. The summed E-state index contributed by atoms with van der Waals surface area (Å²) in [5, 5.41) is 0. The molecule has 2 aromatic carbocycles. The maximum Gasteiger partial charge on any atom is 0.323 e. The highest BCUT2D eigenvalue weighted by molar-refractivity contribution is 6.01. The molecule has 0 saturated carbocycles. The van der Waals surface area contributed by atoms with Gasteiger partial charge in [-0.3, -0.25) is 9.59 Å². The van der Waals surface area contributed by atoms with E-state index in [1.54, 1.807) is 6.92 Å². The largest absolute Gasteiger partial charge is 0.468 e. The Morgan fingerprint density at radius 1 is 0.880 bits per heavy atom. The van der Waals surface area contributed by atoms with Crippen molar-refractivity contribution in [2.75, 3.05) is 14.2 Å². The summed E-state index contributed by atoms with van der Waals surface area (Å²) >= 11 is 0. The molecule has 0 spiro atoms. The van der Waals surface area contributed by atoms with Crippen molar-refractivity contribution in [1.82, 2.24) is 0 Å². The molecule has 0 amide bonds. The van der Waals surface area contributed by atoms with Crippen LogP contribution in [0.2, 0.25) is 0 Å². The van der Waals surface area contributed by atoms with Crippen molar-refractivity contribution in [3.05, 3.63) is 77.9 Å². The summed E-state index contributed by atoms with van der Waals surface area (Å²) in [7, 11) is 2.54. The first-order valence-electron chi connectivity index (χ1n) is 7.99. The highest BCUT2D eigenvalue weighted by atomic mass is 16.5. The summed E-state index contributed by atoms with van der Waals surface area (Å²) in [6.07, 6.45) is 3.74. The van der Waals surface area contributed by atoms with Gasteiger partial charge >= 0.3 is 11.9 Å². The van der Waals surface area contributed by atoms with E-state index < -0.39 is 23.3 Å². The number of hydrogen-bond donors (Lipinski definition) is 0. The number of methoxy groups -OCH3 is 2. The second kappa shape index (κ2) is 8.29. The van der Waals surface area contributed by atoms with Crippen molar-refractivity contribution in [2.45, 2.75) is 12.8 Å². The van der Waals surface area contributed by atoms with Gasteiger partial charge in [0.05, 0.1) is 14.2 Å². The fourth-order valence-corrected chi connectivity index (χ4v) is 2.83. The number of rotatable bonds is 6. The number of ether oxygens (including phenoxy) is 2. The monoisotopic (exact) mass is 338 g/mol. The lowest BCUT2D eigenvalue weighted by molar-refractivity contribution is -0.168.